The number of hydrogen-bond donors (Lipinski definition) is 1. The van der Waals surface area contributed by atoms with Gasteiger partial charge >= 0.3 is 5.97 Å². The minimum Gasteiger partial charge on any atom is -0.475 e. The first-order valence-corrected chi connectivity index (χ1v) is 5.56. The lowest BCUT2D eigenvalue weighted by Gasteiger charge is -2.08. The van der Waals surface area contributed by atoms with Crippen LogP contribution in [0.25, 0.3) is 5.69 Å². The summed E-state index contributed by atoms with van der Waals surface area (Å²) in [5.41, 5.74) is -0.0369. The summed E-state index contributed by atoms with van der Waals surface area (Å²) in [4.78, 5) is 14.7. The number of carboxylic acid groups (broad SMARTS) is 1. The summed E-state index contributed by atoms with van der Waals surface area (Å²) in [5, 5.41) is 12.6. The van der Waals surface area contributed by atoms with Crippen molar-refractivity contribution in [3.63, 3.8) is 0 Å². The van der Waals surface area contributed by atoms with Crippen molar-refractivity contribution >= 4 is 5.97 Å². The molecule has 5 nitrogen and oxygen atoms in total. The molecule has 0 aliphatic rings. The Hall–Kier alpha value is -2.31. The number of halogens is 2. The van der Waals surface area contributed by atoms with E-state index in [1.54, 1.807) is 13.8 Å². The van der Waals surface area contributed by atoms with E-state index in [0.29, 0.717) is 11.9 Å². The SMILES string of the molecule is CC(C)c1nc(C(=O)O)nn1-c1ccc(F)cc1F. The molecule has 0 saturated heterocycles. The molecule has 0 aliphatic carbocycles. The van der Waals surface area contributed by atoms with E-state index in [4.69, 9.17) is 5.11 Å². The Kier molecular flexibility index (Phi) is 3.28. The lowest BCUT2D eigenvalue weighted by atomic mass is 10.2. The quantitative estimate of drug-likeness (QED) is 0.927. The fourth-order valence-corrected chi connectivity index (χ4v) is 1.62. The molecule has 19 heavy (non-hydrogen) atoms. The van der Waals surface area contributed by atoms with Gasteiger partial charge in [-0.05, 0) is 12.1 Å². The third-order valence-corrected chi connectivity index (χ3v) is 2.48. The molecule has 1 heterocycles. The smallest absolute Gasteiger partial charge is 0.375 e. The molecule has 0 bridgehead atoms. The second-order valence-corrected chi connectivity index (χ2v) is 4.26. The lowest BCUT2D eigenvalue weighted by molar-refractivity contribution is 0.0683. The molecular weight excluding hydrogens is 256 g/mol. The zero-order chi connectivity index (χ0) is 14.2. The standard InChI is InChI=1S/C12H11F2N3O2/c1-6(2)11-15-10(12(18)19)16-17(11)9-4-3-7(13)5-8(9)14/h3-6H,1-2H3,(H,18,19). The van der Waals surface area contributed by atoms with E-state index in [0.717, 1.165) is 10.7 Å². The first kappa shape index (κ1) is 13.1. The first-order chi connectivity index (χ1) is 8.90. The molecule has 0 aliphatic heterocycles. The molecule has 0 saturated carbocycles. The predicted octanol–water partition coefficient (Wildman–Crippen LogP) is 2.37. The Morgan fingerprint density at radius 3 is 2.58 bits per heavy atom. The molecule has 2 aromatic rings. The summed E-state index contributed by atoms with van der Waals surface area (Å²) in [7, 11) is 0. The van der Waals surface area contributed by atoms with Crippen LogP contribution in [0.15, 0.2) is 18.2 Å². The summed E-state index contributed by atoms with van der Waals surface area (Å²) in [6.07, 6.45) is 0. The second kappa shape index (κ2) is 4.75. The third kappa shape index (κ3) is 2.44. The largest absolute Gasteiger partial charge is 0.475 e. The number of aromatic carboxylic acids is 1. The van der Waals surface area contributed by atoms with Gasteiger partial charge in [-0.25, -0.2) is 23.2 Å². The molecule has 0 radical (unpaired) electrons. The Morgan fingerprint density at radius 2 is 2.05 bits per heavy atom. The Bertz CT molecular complexity index is 638. The minimum absolute atomic E-state index is 0.0369. The highest BCUT2D eigenvalue weighted by molar-refractivity contribution is 5.83. The highest BCUT2D eigenvalue weighted by Crippen LogP contribution is 2.20. The highest BCUT2D eigenvalue weighted by Gasteiger charge is 2.20. The van der Waals surface area contributed by atoms with E-state index in [-0.39, 0.29) is 11.6 Å². The summed E-state index contributed by atoms with van der Waals surface area (Å²) in [6.45, 7) is 3.54. The number of carbonyl (C=O) groups is 1. The fraction of sp³-hybridized carbons (Fsp3) is 0.250. The number of aromatic nitrogens is 3. The zero-order valence-electron chi connectivity index (χ0n) is 10.3. The average molecular weight is 267 g/mol. The number of benzene rings is 1. The zero-order valence-corrected chi connectivity index (χ0v) is 10.3. The van der Waals surface area contributed by atoms with Gasteiger partial charge in [-0.15, -0.1) is 5.10 Å². The van der Waals surface area contributed by atoms with Crippen LogP contribution in [0.4, 0.5) is 8.78 Å². The molecule has 0 fully saturated rings. The van der Waals surface area contributed by atoms with Crippen LogP contribution in [0, 0.1) is 11.6 Å². The first-order valence-electron chi connectivity index (χ1n) is 5.56. The number of rotatable bonds is 3. The van der Waals surface area contributed by atoms with Gasteiger partial charge in [-0.2, -0.15) is 0 Å². The van der Waals surface area contributed by atoms with Gasteiger partial charge < -0.3 is 5.11 Å². The highest BCUT2D eigenvalue weighted by atomic mass is 19.1. The molecule has 0 unspecified atom stereocenters. The van der Waals surface area contributed by atoms with Crippen LogP contribution in [0.5, 0.6) is 0 Å². The minimum atomic E-state index is -1.30. The number of nitrogens with zero attached hydrogens (tertiary/aromatic N) is 3. The van der Waals surface area contributed by atoms with Gasteiger partial charge in [0.25, 0.3) is 5.82 Å². The van der Waals surface area contributed by atoms with Crippen molar-refractivity contribution in [1.82, 2.24) is 14.8 Å². The normalized spacial score (nSPS) is 11.0. The van der Waals surface area contributed by atoms with Crippen molar-refractivity contribution in [3.05, 3.63) is 41.5 Å². The second-order valence-electron chi connectivity index (χ2n) is 4.26. The average Bonchev–Trinajstić information content (AvgIpc) is 2.73. The molecule has 0 atom stereocenters. The molecule has 7 heteroatoms. The van der Waals surface area contributed by atoms with Crippen molar-refractivity contribution in [3.8, 4) is 5.69 Å². The maximum atomic E-state index is 13.7. The van der Waals surface area contributed by atoms with E-state index in [1.807, 2.05) is 0 Å². The van der Waals surface area contributed by atoms with Gasteiger partial charge in [-0.1, -0.05) is 13.8 Å². The summed E-state index contributed by atoms with van der Waals surface area (Å²) in [5.74, 6) is -3.14. The Morgan fingerprint density at radius 1 is 1.37 bits per heavy atom. The van der Waals surface area contributed by atoms with E-state index in [9.17, 15) is 13.6 Å². The van der Waals surface area contributed by atoms with Crippen LogP contribution in [0.1, 0.15) is 36.2 Å². The molecule has 100 valence electrons. The number of hydrogen-bond acceptors (Lipinski definition) is 3. The maximum Gasteiger partial charge on any atom is 0.375 e. The predicted molar refractivity (Wildman–Crippen MR) is 62.3 cm³/mol. The van der Waals surface area contributed by atoms with Crippen molar-refractivity contribution in [1.29, 1.82) is 0 Å². The topological polar surface area (TPSA) is 68.0 Å². The van der Waals surface area contributed by atoms with Gasteiger partial charge in [0.05, 0.1) is 0 Å². The van der Waals surface area contributed by atoms with E-state index < -0.39 is 23.4 Å². The molecule has 0 spiro atoms. The molecular formula is C12H11F2N3O2. The lowest BCUT2D eigenvalue weighted by Crippen LogP contribution is -2.07. The van der Waals surface area contributed by atoms with Gasteiger partial charge in [0.2, 0.25) is 0 Å². The molecule has 1 aromatic heterocycles. The summed E-state index contributed by atoms with van der Waals surface area (Å²) < 4.78 is 27.7. The molecule has 1 N–H and O–H groups in total. The van der Waals surface area contributed by atoms with Gasteiger partial charge in [0, 0.05) is 12.0 Å². The molecule has 2 rings (SSSR count). The van der Waals surface area contributed by atoms with Crippen molar-refractivity contribution in [2.24, 2.45) is 0 Å². The monoisotopic (exact) mass is 267 g/mol. The van der Waals surface area contributed by atoms with E-state index >= 15 is 0 Å². The fourth-order valence-electron chi connectivity index (χ4n) is 1.62. The van der Waals surface area contributed by atoms with Crippen LogP contribution >= 0.6 is 0 Å². The van der Waals surface area contributed by atoms with Crippen molar-refractivity contribution in [2.75, 3.05) is 0 Å². The van der Waals surface area contributed by atoms with Crippen LogP contribution in [0.3, 0.4) is 0 Å². The third-order valence-electron chi connectivity index (χ3n) is 2.48. The van der Waals surface area contributed by atoms with Crippen LogP contribution in [-0.2, 0) is 0 Å². The van der Waals surface area contributed by atoms with Crippen LogP contribution in [0.2, 0.25) is 0 Å². The number of carboxylic acids is 1. The van der Waals surface area contributed by atoms with Crippen molar-refractivity contribution in [2.45, 2.75) is 19.8 Å². The molecule has 1 aromatic carbocycles. The van der Waals surface area contributed by atoms with Gasteiger partial charge in [0.15, 0.2) is 5.82 Å². The molecule has 0 amide bonds. The van der Waals surface area contributed by atoms with Crippen molar-refractivity contribution < 1.29 is 18.7 Å². The Balaban J connectivity index is 2.63. The van der Waals surface area contributed by atoms with E-state index in [2.05, 4.69) is 10.1 Å². The van der Waals surface area contributed by atoms with E-state index in [1.165, 1.54) is 6.07 Å². The van der Waals surface area contributed by atoms with Gasteiger partial charge in [-0.3, -0.25) is 0 Å². The summed E-state index contributed by atoms with van der Waals surface area (Å²) >= 11 is 0. The summed E-state index contributed by atoms with van der Waals surface area (Å²) in [6, 6.07) is 2.98. The van der Waals surface area contributed by atoms with Crippen LogP contribution in [-0.4, -0.2) is 25.8 Å². The van der Waals surface area contributed by atoms with Crippen LogP contribution < -0.4 is 0 Å². The van der Waals surface area contributed by atoms with Gasteiger partial charge in [0.1, 0.15) is 17.3 Å². The Labute approximate surface area is 107 Å². The maximum absolute atomic E-state index is 13.7.